The molecule has 186 valence electrons. The Hall–Kier alpha value is -3.03. The van der Waals surface area contributed by atoms with E-state index in [1.54, 1.807) is 7.11 Å². The molecule has 2 aromatic carbocycles. The van der Waals surface area contributed by atoms with Crippen molar-refractivity contribution in [3.8, 4) is 22.8 Å². The molecule has 0 bridgehead atoms. The lowest BCUT2D eigenvalue weighted by atomic mass is 10.1. The second-order valence-electron chi connectivity index (χ2n) is 9.53. The molecule has 2 aliphatic rings. The molecule has 2 heterocycles. The Kier molecular flexibility index (Phi) is 7.54. The summed E-state index contributed by atoms with van der Waals surface area (Å²) in [6, 6.07) is 18.2. The third-order valence-electron chi connectivity index (χ3n) is 6.83. The third-order valence-corrected chi connectivity index (χ3v) is 6.83. The van der Waals surface area contributed by atoms with Crippen molar-refractivity contribution in [3.63, 3.8) is 0 Å². The van der Waals surface area contributed by atoms with Crippen LogP contribution in [0.25, 0.3) is 11.3 Å². The minimum Gasteiger partial charge on any atom is -0.497 e. The first-order chi connectivity index (χ1) is 17.2. The van der Waals surface area contributed by atoms with Gasteiger partial charge in [0, 0.05) is 37.8 Å². The van der Waals surface area contributed by atoms with E-state index in [0.717, 1.165) is 60.1 Å². The van der Waals surface area contributed by atoms with Gasteiger partial charge in [-0.2, -0.15) is 0 Å². The molecule has 7 heteroatoms. The van der Waals surface area contributed by atoms with E-state index in [9.17, 15) is 5.11 Å². The molecule has 1 saturated heterocycles. The van der Waals surface area contributed by atoms with Crippen LogP contribution in [-0.4, -0.2) is 60.7 Å². The monoisotopic (exact) mass is 477 g/mol. The number of aromatic nitrogens is 1. The first-order valence-corrected chi connectivity index (χ1v) is 12.7. The standard InChI is InChI=1S/C28H35N3O4/c1-33-24-12-14-25(15-13-24)34-20-23(32)18-31(22-10-11-22)19-26-27(21-8-4-2-5-9-21)29-35-28(26)30-16-6-3-7-17-30/h2,4-5,8-9,12-15,22-23,32H,3,6-7,10-11,16-20H2,1H3/t23-/m1/s1. The van der Waals surface area contributed by atoms with E-state index >= 15 is 0 Å². The fourth-order valence-electron chi connectivity index (χ4n) is 4.78. The lowest BCUT2D eigenvalue weighted by Crippen LogP contribution is -2.37. The van der Waals surface area contributed by atoms with E-state index in [1.165, 1.54) is 19.3 Å². The van der Waals surface area contributed by atoms with E-state index in [0.29, 0.717) is 19.1 Å². The fraction of sp³-hybridized carbons (Fsp3) is 0.464. The van der Waals surface area contributed by atoms with Crippen molar-refractivity contribution in [1.82, 2.24) is 10.1 Å². The van der Waals surface area contributed by atoms with Gasteiger partial charge in [-0.1, -0.05) is 35.5 Å². The maximum Gasteiger partial charge on any atom is 0.232 e. The zero-order valence-corrected chi connectivity index (χ0v) is 20.4. The van der Waals surface area contributed by atoms with Crippen LogP contribution in [0.4, 0.5) is 5.88 Å². The highest BCUT2D eigenvalue weighted by molar-refractivity contribution is 5.68. The van der Waals surface area contributed by atoms with Crippen molar-refractivity contribution < 1.29 is 19.1 Å². The second kappa shape index (κ2) is 11.1. The van der Waals surface area contributed by atoms with Crippen molar-refractivity contribution in [2.24, 2.45) is 0 Å². The van der Waals surface area contributed by atoms with Crippen LogP contribution in [0.1, 0.15) is 37.7 Å². The number of hydrogen-bond donors (Lipinski definition) is 1. The number of aliphatic hydroxyl groups excluding tert-OH is 1. The molecule has 3 aromatic rings. The minimum atomic E-state index is -0.601. The maximum atomic E-state index is 10.9. The largest absolute Gasteiger partial charge is 0.497 e. The Morgan fingerprint density at radius 3 is 2.43 bits per heavy atom. The second-order valence-corrected chi connectivity index (χ2v) is 9.53. The van der Waals surface area contributed by atoms with Gasteiger partial charge in [-0.15, -0.1) is 0 Å². The molecular formula is C28H35N3O4. The Balaban J connectivity index is 1.31. The van der Waals surface area contributed by atoms with Gasteiger partial charge in [0.25, 0.3) is 0 Å². The number of nitrogens with zero attached hydrogens (tertiary/aromatic N) is 3. The van der Waals surface area contributed by atoms with Crippen LogP contribution in [0, 0.1) is 0 Å². The van der Waals surface area contributed by atoms with Crippen molar-refractivity contribution >= 4 is 5.88 Å². The lowest BCUT2D eigenvalue weighted by molar-refractivity contribution is 0.0626. The van der Waals surface area contributed by atoms with E-state index in [-0.39, 0.29) is 6.61 Å². The van der Waals surface area contributed by atoms with E-state index < -0.39 is 6.10 Å². The minimum absolute atomic E-state index is 0.240. The first-order valence-electron chi connectivity index (χ1n) is 12.7. The molecule has 1 aromatic heterocycles. The number of rotatable bonds is 11. The van der Waals surface area contributed by atoms with Gasteiger partial charge in [0.15, 0.2) is 0 Å². The number of anilines is 1. The summed E-state index contributed by atoms with van der Waals surface area (Å²) in [7, 11) is 1.64. The summed E-state index contributed by atoms with van der Waals surface area (Å²) in [4.78, 5) is 4.71. The lowest BCUT2D eigenvalue weighted by Gasteiger charge is -2.29. The quantitative estimate of drug-likeness (QED) is 0.428. The van der Waals surface area contributed by atoms with Crippen molar-refractivity contribution in [2.75, 3.05) is 38.3 Å². The molecule has 1 aliphatic carbocycles. The molecule has 2 fully saturated rings. The van der Waals surface area contributed by atoms with Crippen LogP contribution in [0.5, 0.6) is 11.5 Å². The molecule has 1 atom stereocenters. The predicted molar refractivity (Wildman–Crippen MR) is 136 cm³/mol. The highest BCUT2D eigenvalue weighted by Gasteiger charge is 2.33. The molecule has 7 nitrogen and oxygen atoms in total. The number of benzene rings is 2. The van der Waals surface area contributed by atoms with Crippen LogP contribution in [0.3, 0.4) is 0 Å². The molecule has 1 N–H and O–H groups in total. The summed E-state index contributed by atoms with van der Waals surface area (Å²) in [5, 5.41) is 15.4. The third kappa shape index (κ3) is 5.97. The Morgan fingerprint density at radius 1 is 1.03 bits per heavy atom. The average molecular weight is 478 g/mol. The molecule has 0 spiro atoms. The summed E-state index contributed by atoms with van der Waals surface area (Å²) >= 11 is 0. The highest BCUT2D eigenvalue weighted by Crippen LogP contribution is 2.36. The molecular weight excluding hydrogens is 442 g/mol. The van der Waals surface area contributed by atoms with Crippen LogP contribution >= 0.6 is 0 Å². The number of piperidine rings is 1. The topological polar surface area (TPSA) is 71.2 Å². The van der Waals surface area contributed by atoms with Crippen LogP contribution in [-0.2, 0) is 6.54 Å². The highest BCUT2D eigenvalue weighted by atomic mass is 16.5. The number of ether oxygens (including phenoxy) is 2. The van der Waals surface area contributed by atoms with Crippen LogP contribution in [0.15, 0.2) is 59.1 Å². The molecule has 0 amide bonds. The molecule has 0 unspecified atom stereocenters. The normalized spacial score (nSPS) is 16.9. The van der Waals surface area contributed by atoms with Gasteiger partial charge in [0.05, 0.1) is 12.7 Å². The number of aliphatic hydroxyl groups is 1. The molecule has 35 heavy (non-hydrogen) atoms. The van der Waals surface area contributed by atoms with E-state index in [4.69, 9.17) is 14.0 Å². The summed E-state index contributed by atoms with van der Waals surface area (Å²) in [5.74, 6) is 2.39. The summed E-state index contributed by atoms with van der Waals surface area (Å²) in [6.07, 6.45) is 5.31. The van der Waals surface area contributed by atoms with Gasteiger partial charge < -0.3 is 24.0 Å². The molecule has 5 rings (SSSR count). The molecule has 0 radical (unpaired) electrons. The SMILES string of the molecule is COc1ccc(OC[C@H](O)CN(Cc2c(-c3ccccc3)noc2N2CCCCC2)C2CC2)cc1. The Labute approximate surface area is 207 Å². The van der Waals surface area contributed by atoms with Gasteiger partial charge >= 0.3 is 0 Å². The molecule has 1 saturated carbocycles. The van der Waals surface area contributed by atoms with Gasteiger partial charge in [0.1, 0.15) is 29.9 Å². The van der Waals surface area contributed by atoms with Crippen LogP contribution < -0.4 is 14.4 Å². The van der Waals surface area contributed by atoms with Gasteiger partial charge in [0.2, 0.25) is 5.88 Å². The summed E-state index contributed by atoms with van der Waals surface area (Å²) < 4.78 is 17.0. The van der Waals surface area contributed by atoms with Gasteiger partial charge in [-0.25, -0.2) is 0 Å². The Bertz CT molecular complexity index is 1060. The van der Waals surface area contributed by atoms with Crippen molar-refractivity contribution in [1.29, 1.82) is 0 Å². The van der Waals surface area contributed by atoms with E-state index in [2.05, 4.69) is 27.1 Å². The predicted octanol–water partition coefficient (Wildman–Crippen LogP) is 4.74. The first kappa shape index (κ1) is 23.7. The maximum absolute atomic E-state index is 10.9. The molecule has 1 aliphatic heterocycles. The summed E-state index contributed by atoms with van der Waals surface area (Å²) in [6.45, 7) is 3.48. The van der Waals surface area contributed by atoms with Crippen molar-refractivity contribution in [3.05, 3.63) is 60.2 Å². The van der Waals surface area contributed by atoms with Crippen LogP contribution in [0.2, 0.25) is 0 Å². The zero-order valence-electron chi connectivity index (χ0n) is 20.4. The average Bonchev–Trinajstić information content (AvgIpc) is 3.68. The zero-order chi connectivity index (χ0) is 24.0. The van der Waals surface area contributed by atoms with Gasteiger partial charge in [-0.3, -0.25) is 4.90 Å². The van der Waals surface area contributed by atoms with Crippen molar-refractivity contribution in [2.45, 2.75) is 50.8 Å². The van der Waals surface area contributed by atoms with E-state index in [1.807, 2.05) is 42.5 Å². The smallest absolute Gasteiger partial charge is 0.232 e. The van der Waals surface area contributed by atoms with Gasteiger partial charge in [-0.05, 0) is 56.4 Å². The Morgan fingerprint density at radius 2 is 1.74 bits per heavy atom. The number of methoxy groups -OCH3 is 1. The fourth-order valence-corrected chi connectivity index (χ4v) is 4.78. The summed E-state index contributed by atoms with van der Waals surface area (Å²) in [5.41, 5.74) is 3.09. The number of hydrogen-bond acceptors (Lipinski definition) is 7.